The summed E-state index contributed by atoms with van der Waals surface area (Å²) < 4.78 is 1.68. The predicted molar refractivity (Wildman–Crippen MR) is 62.2 cm³/mol. The van der Waals surface area contributed by atoms with Crippen molar-refractivity contribution in [2.45, 2.75) is 6.61 Å². The van der Waals surface area contributed by atoms with Gasteiger partial charge in [0, 0.05) is 0 Å². The molecule has 5 heteroatoms. The Morgan fingerprint density at radius 3 is 3.00 bits per heavy atom. The van der Waals surface area contributed by atoms with Gasteiger partial charge < -0.3 is 5.11 Å². The number of aromatic nitrogens is 3. The summed E-state index contributed by atoms with van der Waals surface area (Å²) in [6, 6.07) is 7.86. The zero-order valence-electron chi connectivity index (χ0n) is 8.37. The van der Waals surface area contributed by atoms with Gasteiger partial charge in [0.2, 0.25) is 0 Å². The molecular formula is C11H9N3OS. The van der Waals surface area contributed by atoms with Crippen LogP contribution in [-0.4, -0.2) is 19.7 Å². The molecule has 16 heavy (non-hydrogen) atoms. The highest BCUT2D eigenvalue weighted by atomic mass is 32.1. The second-order valence-corrected chi connectivity index (χ2v) is 4.32. The number of rotatable bonds is 2. The first-order chi connectivity index (χ1) is 7.88. The van der Waals surface area contributed by atoms with E-state index in [1.807, 2.05) is 29.6 Å². The zero-order valence-corrected chi connectivity index (χ0v) is 9.18. The molecule has 1 N–H and O–H groups in total. The van der Waals surface area contributed by atoms with Crippen molar-refractivity contribution < 1.29 is 5.11 Å². The van der Waals surface area contributed by atoms with Gasteiger partial charge in [-0.25, -0.2) is 9.50 Å². The Balaban J connectivity index is 2.21. The summed E-state index contributed by atoms with van der Waals surface area (Å²) in [7, 11) is 0. The molecular weight excluding hydrogens is 222 g/mol. The first-order valence-corrected chi connectivity index (χ1v) is 5.75. The molecule has 0 aliphatic rings. The van der Waals surface area contributed by atoms with Crippen molar-refractivity contribution in [1.82, 2.24) is 14.6 Å². The van der Waals surface area contributed by atoms with Gasteiger partial charge in [-0.3, -0.25) is 0 Å². The molecule has 3 heterocycles. The van der Waals surface area contributed by atoms with Crippen molar-refractivity contribution in [3.05, 3.63) is 41.5 Å². The molecule has 0 unspecified atom stereocenters. The third kappa shape index (κ3) is 1.41. The molecule has 3 aromatic heterocycles. The van der Waals surface area contributed by atoms with E-state index >= 15 is 0 Å². The van der Waals surface area contributed by atoms with E-state index in [1.165, 1.54) is 0 Å². The lowest BCUT2D eigenvalue weighted by Crippen LogP contribution is -1.98. The predicted octanol–water partition coefficient (Wildman–Crippen LogP) is 1.95. The van der Waals surface area contributed by atoms with Crippen molar-refractivity contribution in [1.29, 1.82) is 0 Å². The Bertz CT molecular complexity index is 615. The normalized spacial score (nSPS) is 11.1. The van der Waals surface area contributed by atoms with Crippen LogP contribution in [0.1, 0.15) is 5.69 Å². The Morgan fingerprint density at radius 2 is 2.25 bits per heavy atom. The molecule has 0 saturated heterocycles. The second kappa shape index (κ2) is 3.70. The molecule has 0 bridgehead atoms. The summed E-state index contributed by atoms with van der Waals surface area (Å²) in [6.45, 7) is -0.0535. The van der Waals surface area contributed by atoms with Gasteiger partial charge in [-0.15, -0.1) is 11.3 Å². The minimum absolute atomic E-state index is 0.0535. The third-order valence-electron chi connectivity index (χ3n) is 2.37. The number of thiophene rings is 1. The van der Waals surface area contributed by atoms with E-state index in [-0.39, 0.29) is 6.61 Å². The first kappa shape index (κ1) is 9.50. The molecule has 0 atom stereocenters. The highest BCUT2D eigenvalue weighted by Crippen LogP contribution is 2.22. The molecule has 80 valence electrons. The number of fused-ring (bicyclic) bond motifs is 1. The van der Waals surface area contributed by atoms with Crippen LogP contribution in [0.2, 0.25) is 0 Å². The number of imidazole rings is 1. The van der Waals surface area contributed by atoms with Crippen LogP contribution < -0.4 is 0 Å². The van der Waals surface area contributed by atoms with Crippen LogP contribution >= 0.6 is 11.3 Å². The molecule has 3 rings (SSSR count). The molecule has 0 saturated carbocycles. The quantitative estimate of drug-likeness (QED) is 0.733. The van der Waals surface area contributed by atoms with Crippen molar-refractivity contribution in [3.63, 3.8) is 0 Å². The van der Waals surface area contributed by atoms with Gasteiger partial charge in [0.05, 0.1) is 23.4 Å². The largest absolute Gasteiger partial charge is 0.390 e. The van der Waals surface area contributed by atoms with Gasteiger partial charge in [0.25, 0.3) is 0 Å². The summed E-state index contributed by atoms with van der Waals surface area (Å²) in [5.74, 6) is 0. The summed E-state index contributed by atoms with van der Waals surface area (Å²) >= 11 is 1.64. The van der Waals surface area contributed by atoms with Crippen LogP contribution in [0.3, 0.4) is 0 Å². The van der Waals surface area contributed by atoms with Gasteiger partial charge in [-0.05, 0) is 23.6 Å². The lowest BCUT2D eigenvalue weighted by molar-refractivity contribution is 0.274. The summed E-state index contributed by atoms with van der Waals surface area (Å²) in [6.07, 6.45) is 1.64. The summed E-state index contributed by atoms with van der Waals surface area (Å²) in [5.41, 5.74) is 2.35. The molecule has 0 spiro atoms. The maximum atomic E-state index is 9.15. The van der Waals surface area contributed by atoms with Crippen molar-refractivity contribution in [3.8, 4) is 10.6 Å². The molecule has 0 amide bonds. The molecule has 0 aromatic carbocycles. The minimum atomic E-state index is -0.0535. The van der Waals surface area contributed by atoms with E-state index < -0.39 is 0 Å². The fourth-order valence-electron chi connectivity index (χ4n) is 1.58. The highest BCUT2D eigenvalue weighted by molar-refractivity contribution is 7.13. The molecule has 0 radical (unpaired) electrons. The maximum absolute atomic E-state index is 9.15. The Morgan fingerprint density at radius 1 is 1.31 bits per heavy atom. The van der Waals surface area contributed by atoms with E-state index in [9.17, 15) is 0 Å². The van der Waals surface area contributed by atoms with E-state index in [1.54, 1.807) is 22.0 Å². The van der Waals surface area contributed by atoms with Crippen molar-refractivity contribution >= 4 is 17.0 Å². The number of nitrogens with zero attached hydrogens (tertiary/aromatic N) is 3. The van der Waals surface area contributed by atoms with E-state index in [0.29, 0.717) is 5.69 Å². The van der Waals surface area contributed by atoms with E-state index in [0.717, 1.165) is 16.2 Å². The van der Waals surface area contributed by atoms with Gasteiger partial charge in [-0.2, -0.15) is 5.10 Å². The maximum Gasteiger partial charge on any atom is 0.153 e. The van der Waals surface area contributed by atoms with Crippen LogP contribution in [0, 0.1) is 0 Å². The lowest BCUT2D eigenvalue weighted by atomic mass is 10.3. The number of hydrogen-bond acceptors (Lipinski definition) is 4. The van der Waals surface area contributed by atoms with Gasteiger partial charge >= 0.3 is 0 Å². The second-order valence-electron chi connectivity index (χ2n) is 3.37. The standard InChI is InChI=1S/C11H9N3OS/c15-7-8-6-12-11-4-3-9(13-14(8)11)10-2-1-5-16-10/h1-6,15H,7H2. The smallest absolute Gasteiger partial charge is 0.153 e. The zero-order chi connectivity index (χ0) is 11.0. The van der Waals surface area contributed by atoms with E-state index in [2.05, 4.69) is 10.1 Å². The number of aliphatic hydroxyl groups is 1. The average molecular weight is 231 g/mol. The SMILES string of the molecule is OCc1cnc2ccc(-c3cccs3)nn12. The molecule has 3 aromatic rings. The fourth-order valence-corrected chi connectivity index (χ4v) is 2.27. The van der Waals surface area contributed by atoms with Gasteiger partial charge in [0.15, 0.2) is 5.65 Å². The molecule has 0 fully saturated rings. The van der Waals surface area contributed by atoms with Crippen LogP contribution in [-0.2, 0) is 6.61 Å². The highest BCUT2D eigenvalue weighted by Gasteiger charge is 2.06. The van der Waals surface area contributed by atoms with Crippen LogP contribution in [0.15, 0.2) is 35.8 Å². The van der Waals surface area contributed by atoms with Crippen molar-refractivity contribution in [2.75, 3.05) is 0 Å². The van der Waals surface area contributed by atoms with Crippen molar-refractivity contribution in [2.24, 2.45) is 0 Å². The third-order valence-corrected chi connectivity index (χ3v) is 3.26. The lowest BCUT2D eigenvalue weighted by Gasteiger charge is -2.00. The van der Waals surface area contributed by atoms with Gasteiger partial charge in [0.1, 0.15) is 5.69 Å². The summed E-state index contributed by atoms with van der Waals surface area (Å²) in [4.78, 5) is 5.27. The first-order valence-electron chi connectivity index (χ1n) is 4.87. The van der Waals surface area contributed by atoms with Gasteiger partial charge in [-0.1, -0.05) is 6.07 Å². The Labute approximate surface area is 95.8 Å². The van der Waals surface area contributed by atoms with E-state index in [4.69, 9.17) is 5.11 Å². The average Bonchev–Trinajstić information content (AvgIpc) is 2.97. The fraction of sp³-hybridized carbons (Fsp3) is 0.0909. The number of aliphatic hydroxyl groups excluding tert-OH is 1. The van der Waals surface area contributed by atoms with Crippen LogP contribution in [0.4, 0.5) is 0 Å². The monoisotopic (exact) mass is 231 g/mol. The van der Waals surface area contributed by atoms with Crippen LogP contribution in [0.5, 0.6) is 0 Å². The van der Waals surface area contributed by atoms with Crippen LogP contribution in [0.25, 0.3) is 16.2 Å². The topological polar surface area (TPSA) is 50.4 Å². The number of hydrogen-bond donors (Lipinski definition) is 1. The molecule has 0 aliphatic heterocycles. The minimum Gasteiger partial charge on any atom is -0.390 e. The Kier molecular flexibility index (Phi) is 2.19. The summed E-state index contributed by atoms with van der Waals surface area (Å²) in [5, 5.41) is 15.6. The molecule has 0 aliphatic carbocycles. The Hall–Kier alpha value is -1.72. The molecule has 4 nitrogen and oxygen atoms in total.